The first-order valence-corrected chi connectivity index (χ1v) is 4.63. The number of nitrogens with zero attached hydrogens (tertiary/aromatic N) is 3. The van der Waals surface area contributed by atoms with Crippen LogP contribution in [0.15, 0.2) is 27.7 Å². The van der Waals surface area contributed by atoms with Gasteiger partial charge in [-0.3, -0.25) is 0 Å². The third-order valence-corrected chi connectivity index (χ3v) is 1.75. The predicted octanol–water partition coefficient (Wildman–Crippen LogP) is 2.78. The SMILES string of the molecule is COC(=O)c1ccc(C=CCCN=[N+]=[N-])o1. The van der Waals surface area contributed by atoms with E-state index in [1.807, 2.05) is 0 Å². The molecule has 16 heavy (non-hydrogen) atoms. The van der Waals surface area contributed by atoms with Gasteiger partial charge in [-0.15, -0.1) is 0 Å². The van der Waals surface area contributed by atoms with Crippen molar-refractivity contribution in [1.82, 2.24) is 0 Å². The predicted molar refractivity (Wildman–Crippen MR) is 57.7 cm³/mol. The van der Waals surface area contributed by atoms with E-state index in [4.69, 9.17) is 9.95 Å². The van der Waals surface area contributed by atoms with Gasteiger partial charge in [0.15, 0.2) is 0 Å². The normalized spacial score (nSPS) is 10.1. The number of carbonyl (C=O) groups is 1. The van der Waals surface area contributed by atoms with Crippen LogP contribution in [-0.4, -0.2) is 19.6 Å². The highest BCUT2D eigenvalue weighted by atomic mass is 16.5. The number of ether oxygens (including phenoxy) is 1. The van der Waals surface area contributed by atoms with Crippen molar-refractivity contribution in [2.45, 2.75) is 6.42 Å². The number of furan rings is 1. The van der Waals surface area contributed by atoms with E-state index in [9.17, 15) is 4.79 Å². The van der Waals surface area contributed by atoms with Crippen molar-refractivity contribution in [1.29, 1.82) is 0 Å². The Bertz CT molecular complexity index is 430. The number of azide groups is 1. The van der Waals surface area contributed by atoms with E-state index in [1.165, 1.54) is 7.11 Å². The zero-order valence-corrected chi connectivity index (χ0v) is 8.79. The van der Waals surface area contributed by atoms with Gasteiger partial charge in [-0.1, -0.05) is 11.2 Å². The lowest BCUT2D eigenvalue weighted by atomic mass is 10.3. The van der Waals surface area contributed by atoms with Crippen molar-refractivity contribution in [3.63, 3.8) is 0 Å². The van der Waals surface area contributed by atoms with E-state index in [-0.39, 0.29) is 5.76 Å². The van der Waals surface area contributed by atoms with Crippen LogP contribution in [0.5, 0.6) is 0 Å². The minimum absolute atomic E-state index is 0.164. The Kier molecular flexibility index (Phi) is 4.69. The molecule has 1 heterocycles. The van der Waals surface area contributed by atoms with Gasteiger partial charge in [-0.05, 0) is 30.2 Å². The maximum atomic E-state index is 11.0. The molecule has 1 rings (SSSR count). The second-order valence-corrected chi connectivity index (χ2v) is 2.84. The number of rotatable bonds is 5. The summed E-state index contributed by atoms with van der Waals surface area (Å²) >= 11 is 0. The molecule has 84 valence electrons. The molecule has 0 N–H and O–H groups in total. The summed E-state index contributed by atoms with van der Waals surface area (Å²) in [5.74, 6) is 0.215. The average molecular weight is 221 g/mol. The second kappa shape index (κ2) is 6.31. The molecular weight excluding hydrogens is 210 g/mol. The highest BCUT2D eigenvalue weighted by Crippen LogP contribution is 2.10. The number of methoxy groups -OCH3 is 1. The fourth-order valence-corrected chi connectivity index (χ4v) is 1.03. The minimum Gasteiger partial charge on any atom is -0.463 e. The van der Waals surface area contributed by atoms with Crippen molar-refractivity contribution in [2.24, 2.45) is 5.11 Å². The molecule has 0 fully saturated rings. The van der Waals surface area contributed by atoms with E-state index in [1.54, 1.807) is 24.3 Å². The molecular formula is C10H11N3O3. The third-order valence-electron chi connectivity index (χ3n) is 1.75. The van der Waals surface area contributed by atoms with Crippen LogP contribution >= 0.6 is 0 Å². The number of hydrogen-bond donors (Lipinski definition) is 0. The second-order valence-electron chi connectivity index (χ2n) is 2.84. The Morgan fingerprint density at radius 3 is 3.19 bits per heavy atom. The molecule has 1 aromatic heterocycles. The molecule has 0 aromatic carbocycles. The van der Waals surface area contributed by atoms with Gasteiger partial charge in [0, 0.05) is 11.5 Å². The first-order chi connectivity index (χ1) is 7.77. The van der Waals surface area contributed by atoms with E-state index in [2.05, 4.69) is 14.8 Å². The molecule has 0 aliphatic carbocycles. The first kappa shape index (κ1) is 11.9. The van der Waals surface area contributed by atoms with Crippen LogP contribution in [0.2, 0.25) is 0 Å². The van der Waals surface area contributed by atoms with Crippen LogP contribution in [0.1, 0.15) is 22.7 Å². The summed E-state index contributed by atoms with van der Waals surface area (Å²) in [4.78, 5) is 13.7. The molecule has 0 bridgehead atoms. The maximum absolute atomic E-state index is 11.0. The summed E-state index contributed by atoms with van der Waals surface area (Å²) in [5.41, 5.74) is 8.04. The van der Waals surface area contributed by atoms with Crippen LogP contribution < -0.4 is 0 Å². The first-order valence-electron chi connectivity index (χ1n) is 4.63. The van der Waals surface area contributed by atoms with Gasteiger partial charge >= 0.3 is 5.97 Å². The zero-order chi connectivity index (χ0) is 11.8. The molecule has 0 aliphatic heterocycles. The third kappa shape index (κ3) is 3.51. The van der Waals surface area contributed by atoms with E-state index in [0.29, 0.717) is 18.7 Å². The van der Waals surface area contributed by atoms with Gasteiger partial charge in [0.1, 0.15) is 5.76 Å². The standard InChI is InChI=1S/C10H11N3O3/c1-15-10(14)9-6-5-8(16-9)4-2-3-7-12-13-11/h2,4-6H,3,7H2,1H3. The quantitative estimate of drug-likeness (QED) is 0.252. The molecule has 0 radical (unpaired) electrons. The summed E-state index contributed by atoms with van der Waals surface area (Å²) in [7, 11) is 1.29. The number of esters is 1. The summed E-state index contributed by atoms with van der Waals surface area (Å²) in [6.45, 7) is 0.400. The van der Waals surface area contributed by atoms with Crippen LogP contribution in [0.3, 0.4) is 0 Å². The largest absolute Gasteiger partial charge is 0.463 e. The molecule has 0 atom stereocenters. The Labute approximate surface area is 92.1 Å². The maximum Gasteiger partial charge on any atom is 0.373 e. The highest BCUT2D eigenvalue weighted by molar-refractivity contribution is 5.86. The topological polar surface area (TPSA) is 88.2 Å². The monoisotopic (exact) mass is 221 g/mol. The van der Waals surface area contributed by atoms with Crippen LogP contribution in [0.25, 0.3) is 16.5 Å². The summed E-state index contributed by atoms with van der Waals surface area (Å²) in [5, 5.41) is 3.37. The Morgan fingerprint density at radius 2 is 2.50 bits per heavy atom. The molecule has 0 saturated heterocycles. The van der Waals surface area contributed by atoms with Crippen molar-refractivity contribution >= 4 is 12.0 Å². The Balaban J connectivity index is 2.51. The molecule has 0 aliphatic rings. The lowest BCUT2D eigenvalue weighted by Gasteiger charge is -1.91. The van der Waals surface area contributed by atoms with Gasteiger partial charge in [0.05, 0.1) is 7.11 Å². The van der Waals surface area contributed by atoms with Crippen molar-refractivity contribution in [2.75, 3.05) is 13.7 Å². The molecule has 0 saturated carbocycles. The summed E-state index contributed by atoms with van der Waals surface area (Å²) < 4.78 is 9.67. The van der Waals surface area contributed by atoms with Crippen molar-refractivity contribution in [3.8, 4) is 0 Å². The highest BCUT2D eigenvalue weighted by Gasteiger charge is 2.08. The van der Waals surface area contributed by atoms with Crippen LogP contribution in [-0.2, 0) is 4.74 Å². The summed E-state index contributed by atoms with van der Waals surface area (Å²) in [6.07, 6.45) is 4.13. The van der Waals surface area contributed by atoms with Gasteiger partial charge in [-0.25, -0.2) is 4.79 Å². The van der Waals surface area contributed by atoms with Gasteiger partial charge < -0.3 is 9.15 Å². The molecule has 0 spiro atoms. The average Bonchev–Trinajstić information content (AvgIpc) is 2.76. The van der Waals surface area contributed by atoms with Gasteiger partial charge in [0.2, 0.25) is 5.76 Å². The Morgan fingerprint density at radius 1 is 1.69 bits per heavy atom. The number of carbonyl (C=O) groups excluding carboxylic acids is 1. The smallest absolute Gasteiger partial charge is 0.373 e. The van der Waals surface area contributed by atoms with Crippen LogP contribution in [0, 0.1) is 0 Å². The van der Waals surface area contributed by atoms with Crippen molar-refractivity contribution < 1.29 is 13.9 Å². The van der Waals surface area contributed by atoms with Crippen molar-refractivity contribution in [3.05, 3.63) is 40.2 Å². The lowest BCUT2D eigenvalue weighted by molar-refractivity contribution is 0.0564. The van der Waals surface area contributed by atoms with E-state index >= 15 is 0 Å². The lowest BCUT2D eigenvalue weighted by Crippen LogP contribution is -1.98. The molecule has 0 unspecified atom stereocenters. The van der Waals surface area contributed by atoms with Gasteiger partial charge in [0.25, 0.3) is 0 Å². The van der Waals surface area contributed by atoms with Gasteiger partial charge in [-0.2, -0.15) is 0 Å². The van der Waals surface area contributed by atoms with Crippen LogP contribution in [0.4, 0.5) is 0 Å². The zero-order valence-electron chi connectivity index (χ0n) is 8.79. The molecule has 1 aromatic rings. The van der Waals surface area contributed by atoms with E-state index in [0.717, 1.165) is 0 Å². The number of hydrogen-bond acceptors (Lipinski definition) is 4. The fraction of sp³-hybridized carbons (Fsp3) is 0.300. The minimum atomic E-state index is -0.506. The Hall–Kier alpha value is -2.20. The molecule has 6 heteroatoms. The molecule has 0 amide bonds. The fourth-order valence-electron chi connectivity index (χ4n) is 1.03. The van der Waals surface area contributed by atoms with E-state index < -0.39 is 5.97 Å². The molecule has 6 nitrogen and oxygen atoms in total. The summed E-state index contributed by atoms with van der Waals surface area (Å²) in [6, 6.07) is 3.20.